The summed E-state index contributed by atoms with van der Waals surface area (Å²) in [5.74, 6) is -0.124. The van der Waals surface area contributed by atoms with E-state index in [1.54, 1.807) is 34.1 Å². The average molecular weight is 422 g/mol. The van der Waals surface area contributed by atoms with Crippen LogP contribution in [0.5, 0.6) is 0 Å². The Morgan fingerprint density at radius 3 is 2.41 bits per heavy atom. The van der Waals surface area contributed by atoms with Crippen LogP contribution in [0.1, 0.15) is 31.2 Å². The lowest BCUT2D eigenvalue weighted by molar-refractivity contribution is -0.136. The van der Waals surface area contributed by atoms with Crippen molar-refractivity contribution in [1.29, 1.82) is 0 Å². The number of piperidine rings is 1. The number of sulfonamides is 1. The zero-order valence-corrected chi connectivity index (χ0v) is 17.4. The van der Waals surface area contributed by atoms with E-state index in [-0.39, 0.29) is 22.9 Å². The van der Waals surface area contributed by atoms with Crippen LogP contribution < -0.4 is 0 Å². The summed E-state index contributed by atoms with van der Waals surface area (Å²) in [5, 5.41) is 0. The Morgan fingerprint density at radius 2 is 1.79 bits per heavy atom. The predicted molar refractivity (Wildman–Crippen MR) is 106 cm³/mol. The predicted octanol–water partition coefficient (Wildman–Crippen LogP) is 1.81. The second-order valence-corrected chi connectivity index (χ2v) is 9.84. The summed E-state index contributed by atoms with van der Waals surface area (Å²) in [5.41, 5.74) is 0.989. The third-order valence-corrected chi connectivity index (χ3v) is 8.05. The van der Waals surface area contributed by atoms with Crippen molar-refractivity contribution >= 4 is 22.4 Å². The highest BCUT2D eigenvalue weighted by Crippen LogP contribution is 2.32. The first kappa shape index (κ1) is 20.3. The monoisotopic (exact) mass is 421 g/mol. The number of hydrogen-bond donors (Lipinski definition) is 0. The van der Waals surface area contributed by atoms with Crippen molar-refractivity contribution in [1.82, 2.24) is 14.1 Å². The summed E-state index contributed by atoms with van der Waals surface area (Å²) >= 11 is 0. The van der Waals surface area contributed by atoms with E-state index in [0.717, 1.165) is 5.56 Å². The van der Waals surface area contributed by atoms with Crippen molar-refractivity contribution in [2.75, 3.05) is 32.8 Å². The maximum Gasteiger partial charge on any atom is 0.410 e. The number of benzene rings is 1. The molecule has 0 radical (unpaired) electrons. The molecule has 4 rings (SSSR count). The molecule has 2 atom stereocenters. The van der Waals surface area contributed by atoms with Gasteiger partial charge in [0.05, 0.1) is 6.54 Å². The molecule has 0 saturated carbocycles. The third-order valence-electron chi connectivity index (χ3n) is 6.13. The Hall–Kier alpha value is -1.97. The molecule has 1 unspecified atom stereocenters. The Balaban J connectivity index is 1.42. The largest absolute Gasteiger partial charge is 0.593 e. The molecule has 3 aliphatic rings. The van der Waals surface area contributed by atoms with Crippen LogP contribution in [-0.4, -0.2) is 75.5 Å². The number of rotatable bonds is 4. The Kier molecular flexibility index (Phi) is 5.63. The molecule has 2 amide bonds. The van der Waals surface area contributed by atoms with Gasteiger partial charge in [-0.15, -0.1) is 4.31 Å². The Morgan fingerprint density at radius 1 is 1.10 bits per heavy atom. The van der Waals surface area contributed by atoms with Crippen molar-refractivity contribution in [2.45, 2.75) is 49.6 Å². The minimum atomic E-state index is -3.70. The SMILES string of the molecule is Cc1ccc([S+](=O)([O-])N2CCC[C@@H]2C(=O)N2CCC(N3CCOC3=O)CC2)cc1. The minimum Gasteiger partial charge on any atom is -0.593 e. The number of nitrogens with zero attached hydrogens (tertiary/aromatic N) is 3. The first-order chi connectivity index (χ1) is 13.9. The smallest absolute Gasteiger partial charge is 0.410 e. The van der Waals surface area contributed by atoms with E-state index >= 15 is 0 Å². The number of likely N-dealkylation sites (tertiary alicyclic amines) is 1. The second-order valence-electron chi connectivity index (χ2n) is 7.95. The molecular formula is C20H27N3O5S. The molecular weight excluding hydrogens is 394 g/mol. The van der Waals surface area contributed by atoms with Crippen molar-refractivity contribution < 1.29 is 23.1 Å². The fourth-order valence-electron chi connectivity index (χ4n) is 4.47. The first-order valence-electron chi connectivity index (χ1n) is 10.2. The minimum absolute atomic E-state index is 0.0880. The molecule has 0 aliphatic carbocycles. The lowest BCUT2D eigenvalue weighted by Crippen LogP contribution is -2.53. The lowest BCUT2D eigenvalue weighted by atomic mass is 10.0. The molecule has 9 heteroatoms. The van der Waals surface area contributed by atoms with E-state index in [0.29, 0.717) is 58.5 Å². The van der Waals surface area contributed by atoms with Crippen LogP contribution in [0.15, 0.2) is 29.2 Å². The van der Waals surface area contributed by atoms with Gasteiger partial charge in [-0.05, 0) is 44.7 Å². The van der Waals surface area contributed by atoms with Crippen LogP contribution in [0.25, 0.3) is 0 Å². The van der Waals surface area contributed by atoms with E-state index in [2.05, 4.69) is 0 Å². The highest BCUT2D eigenvalue weighted by molar-refractivity contribution is 7.95. The van der Waals surface area contributed by atoms with Gasteiger partial charge in [-0.1, -0.05) is 21.9 Å². The van der Waals surface area contributed by atoms with Crippen LogP contribution >= 0.6 is 0 Å². The normalized spacial score (nSPS) is 25.9. The van der Waals surface area contributed by atoms with Gasteiger partial charge in [0.2, 0.25) is 5.91 Å². The maximum atomic E-state index is 13.1. The topological polar surface area (TPSA) is 93.2 Å². The zero-order valence-electron chi connectivity index (χ0n) is 16.6. The van der Waals surface area contributed by atoms with Crippen LogP contribution in [0.3, 0.4) is 0 Å². The van der Waals surface area contributed by atoms with Gasteiger partial charge in [-0.2, -0.15) is 0 Å². The molecule has 8 nitrogen and oxygen atoms in total. The molecule has 0 aromatic heterocycles. The maximum absolute atomic E-state index is 13.1. The summed E-state index contributed by atoms with van der Waals surface area (Å²) in [7, 11) is -3.70. The Labute approximate surface area is 172 Å². The second kappa shape index (κ2) is 8.04. The van der Waals surface area contributed by atoms with Gasteiger partial charge >= 0.3 is 6.09 Å². The van der Waals surface area contributed by atoms with Crippen molar-refractivity contribution in [3.05, 3.63) is 29.8 Å². The van der Waals surface area contributed by atoms with E-state index < -0.39 is 16.4 Å². The number of carbonyl (C=O) groups excluding carboxylic acids is 2. The van der Waals surface area contributed by atoms with Gasteiger partial charge in [0.1, 0.15) is 12.6 Å². The molecule has 0 N–H and O–H groups in total. The van der Waals surface area contributed by atoms with Crippen molar-refractivity contribution in [3.63, 3.8) is 0 Å². The first-order valence-corrected chi connectivity index (χ1v) is 11.6. The molecule has 3 saturated heterocycles. The number of hydrogen-bond acceptors (Lipinski definition) is 5. The summed E-state index contributed by atoms with van der Waals surface area (Å²) in [4.78, 5) is 28.6. The molecule has 0 bridgehead atoms. The quantitative estimate of drug-likeness (QED) is 0.691. The molecule has 158 valence electrons. The Bertz CT molecular complexity index is 822. The average Bonchev–Trinajstić information content (AvgIpc) is 3.37. The zero-order chi connectivity index (χ0) is 20.6. The van der Waals surface area contributed by atoms with Gasteiger partial charge in [0.15, 0.2) is 15.3 Å². The number of amides is 2. The van der Waals surface area contributed by atoms with Gasteiger partial charge in [-0.3, -0.25) is 4.79 Å². The van der Waals surface area contributed by atoms with Gasteiger partial charge in [0, 0.05) is 25.7 Å². The van der Waals surface area contributed by atoms with Crippen LogP contribution in [-0.2, 0) is 24.1 Å². The van der Waals surface area contributed by atoms with Crippen LogP contribution in [0.2, 0.25) is 0 Å². The highest BCUT2D eigenvalue weighted by atomic mass is 32.3. The highest BCUT2D eigenvalue weighted by Gasteiger charge is 2.45. The van der Waals surface area contributed by atoms with Crippen LogP contribution in [0.4, 0.5) is 4.79 Å². The summed E-state index contributed by atoms with van der Waals surface area (Å²) < 4.78 is 32.6. The molecule has 29 heavy (non-hydrogen) atoms. The van der Waals surface area contributed by atoms with E-state index in [1.165, 1.54) is 4.31 Å². The molecule has 3 fully saturated rings. The van der Waals surface area contributed by atoms with Gasteiger partial charge in [0.25, 0.3) is 0 Å². The molecule has 3 heterocycles. The summed E-state index contributed by atoms with van der Waals surface area (Å²) in [6, 6.07) is 6.19. The third kappa shape index (κ3) is 3.91. The van der Waals surface area contributed by atoms with Gasteiger partial charge < -0.3 is 19.1 Å². The number of carbonyl (C=O) groups is 2. The van der Waals surface area contributed by atoms with Gasteiger partial charge in [-0.25, -0.2) is 4.79 Å². The summed E-state index contributed by atoms with van der Waals surface area (Å²) in [6.07, 6.45) is 2.33. The van der Waals surface area contributed by atoms with E-state index in [4.69, 9.17) is 4.74 Å². The fourth-order valence-corrected chi connectivity index (χ4v) is 6.12. The van der Waals surface area contributed by atoms with Crippen molar-refractivity contribution in [2.24, 2.45) is 0 Å². The lowest BCUT2D eigenvalue weighted by Gasteiger charge is -2.38. The molecule has 0 spiro atoms. The van der Waals surface area contributed by atoms with E-state index in [1.807, 2.05) is 6.92 Å². The molecule has 1 aromatic carbocycles. The number of ether oxygens (including phenoxy) is 1. The van der Waals surface area contributed by atoms with E-state index in [9.17, 15) is 18.4 Å². The summed E-state index contributed by atoms with van der Waals surface area (Å²) in [6.45, 7) is 4.35. The number of aryl methyl sites for hydroxylation is 1. The van der Waals surface area contributed by atoms with Crippen LogP contribution in [0, 0.1) is 6.92 Å². The number of cyclic esters (lactones) is 1. The standard InChI is InChI=1S/C20H27N3O5S/c1-15-4-6-17(7-5-15)29(26,27)23-10-2-3-18(23)19(24)21-11-8-16(9-12-21)22-13-14-28-20(22)25/h4-7,16,18H,2-3,8-14H2,1H3/t18-/m1/s1. The fraction of sp³-hybridized carbons (Fsp3) is 0.600. The molecule has 3 aliphatic heterocycles. The molecule has 1 aromatic rings. The van der Waals surface area contributed by atoms with Crippen molar-refractivity contribution in [3.8, 4) is 0 Å².